The molecule has 1 unspecified atom stereocenters. The zero-order chi connectivity index (χ0) is 14.5. The van der Waals surface area contributed by atoms with Gasteiger partial charge in [0, 0.05) is 18.2 Å². The minimum atomic E-state index is -0.408. The number of fused-ring (bicyclic) bond motifs is 1. The smallest absolute Gasteiger partial charge is 0.280 e. The van der Waals surface area contributed by atoms with Crippen molar-refractivity contribution in [2.45, 2.75) is 51.9 Å². The summed E-state index contributed by atoms with van der Waals surface area (Å²) >= 11 is 0. The van der Waals surface area contributed by atoms with Gasteiger partial charge in [0.1, 0.15) is 5.82 Å². The molecule has 0 radical (unpaired) electrons. The number of nitro groups is 1. The lowest BCUT2D eigenvalue weighted by Crippen LogP contribution is -2.05. The van der Waals surface area contributed by atoms with Crippen molar-refractivity contribution in [3.63, 3.8) is 0 Å². The molecule has 108 valence electrons. The van der Waals surface area contributed by atoms with E-state index in [0.29, 0.717) is 11.6 Å². The van der Waals surface area contributed by atoms with Crippen molar-refractivity contribution >= 4 is 11.3 Å². The van der Waals surface area contributed by atoms with Gasteiger partial charge in [-0.3, -0.25) is 14.5 Å². The highest BCUT2D eigenvalue weighted by molar-refractivity contribution is 5.58. The van der Waals surface area contributed by atoms with Gasteiger partial charge in [-0.15, -0.1) is 10.2 Å². The molecule has 0 aliphatic carbocycles. The van der Waals surface area contributed by atoms with Crippen molar-refractivity contribution in [2.24, 2.45) is 0 Å². The first-order valence-electron chi connectivity index (χ1n) is 7.17. The van der Waals surface area contributed by atoms with E-state index in [-0.39, 0.29) is 5.69 Å². The molecule has 0 fully saturated rings. The van der Waals surface area contributed by atoms with Crippen LogP contribution in [0.3, 0.4) is 0 Å². The van der Waals surface area contributed by atoms with Gasteiger partial charge in [0.05, 0.1) is 4.92 Å². The van der Waals surface area contributed by atoms with E-state index in [9.17, 15) is 10.1 Å². The van der Waals surface area contributed by atoms with Crippen molar-refractivity contribution in [3.05, 3.63) is 34.3 Å². The molecule has 2 heterocycles. The number of aromatic nitrogens is 3. The van der Waals surface area contributed by atoms with E-state index in [1.165, 1.54) is 6.07 Å². The number of nitrogens with zero attached hydrogens (tertiary/aromatic N) is 4. The molecule has 2 rings (SSSR count). The van der Waals surface area contributed by atoms with E-state index in [1.807, 2.05) is 6.20 Å². The Labute approximate surface area is 118 Å². The zero-order valence-corrected chi connectivity index (χ0v) is 12.0. The average Bonchev–Trinajstić information content (AvgIpc) is 2.87. The second-order valence-electron chi connectivity index (χ2n) is 5.03. The Bertz CT molecular complexity index is 594. The van der Waals surface area contributed by atoms with Crippen LogP contribution in [-0.2, 0) is 0 Å². The molecule has 6 nitrogen and oxygen atoms in total. The number of pyridine rings is 1. The molecule has 20 heavy (non-hydrogen) atoms. The van der Waals surface area contributed by atoms with Crippen molar-refractivity contribution < 1.29 is 4.92 Å². The van der Waals surface area contributed by atoms with Crippen LogP contribution in [0.5, 0.6) is 0 Å². The van der Waals surface area contributed by atoms with Crippen molar-refractivity contribution in [1.82, 2.24) is 14.6 Å². The van der Waals surface area contributed by atoms with Gasteiger partial charge in [-0.05, 0) is 18.9 Å². The molecule has 2 aromatic rings. The van der Waals surface area contributed by atoms with Gasteiger partial charge in [-0.1, -0.05) is 33.1 Å². The molecule has 1 atom stereocenters. The Morgan fingerprint density at radius 1 is 1.30 bits per heavy atom. The first-order chi connectivity index (χ1) is 9.69. The van der Waals surface area contributed by atoms with Crippen LogP contribution in [-0.4, -0.2) is 19.5 Å². The molecular weight excluding hydrogens is 256 g/mol. The van der Waals surface area contributed by atoms with E-state index in [1.54, 1.807) is 10.5 Å². The molecule has 6 heteroatoms. The Morgan fingerprint density at radius 2 is 2.10 bits per heavy atom. The molecule has 0 bridgehead atoms. The third kappa shape index (κ3) is 2.79. The van der Waals surface area contributed by atoms with E-state index in [4.69, 9.17) is 0 Å². The first-order valence-corrected chi connectivity index (χ1v) is 7.17. The van der Waals surface area contributed by atoms with Crippen LogP contribution in [0.25, 0.3) is 5.65 Å². The Hall–Kier alpha value is -1.98. The normalized spacial score (nSPS) is 12.7. The van der Waals surface area contributed by atoms with E-state index in [0.717, 1.165) is 37.9 Å². The fraction of sp³-hybridized carbons (Fsp3) is 0.571. The summed E-state index contributed by atoms with van der Waals surface area (Å²) in [6.45, 7) is 4.31. The molecule has 0 amide bonds. The lowest BCUT2D eigenvalue weighted by Gasteiger charge is -2.13. The molecule has 0 aliphatic rings. The summed E-state index contributed by atoms with van der Waals surface area (Å²) in [6, 6.07) is 3.15. The molecule has 0 spiro atoms. The largest absolute Gasteiger partial charge is 0.314 e. The van der Waals surface area contributed by atoms with Crippen LogP contribution in [0, 0.1) is 10.1 Å². The van der Waals surface area contributed by atoms with Crippen LogP contribution in [0.15, 0.2) is 18.3 Å². The van der Waals surface area contributed by atoms with Gasteiger partial charge in [0.15, 0.2) is 0 Å². The number of hydrogen-bond acceptors (Lipinski definition) is 4. The lowest BCUT2D eigenvalue weighted by molar-refractivity contribution is -0.383. The van der Waals surface area contributed by atoms with Gasteiger partial charge < -0.3 is 0 Å². The van der Waals surface area contributed by atoms with Crippen LogP contribution >= 0.6 is 0 Å². The summed E-state index contributed by atoms with van der Waals surface area (Å²) in [5.74, 6) is 1.16. The summed E-state index contributed by atoms with van der Waals surface area (Å²) in [6.07, 6.45) is 7.23. The van der Waals surface area contributed by atoms with Crippen molar-refractivity contribution in [3.8, 4) is 0 Å². The fourth-order valence-electron chi connectivity index (χ4n) is 2.54. The highest BCUT2D eigenvalue weighted by atomic mass is 16.6. The Kier molecular flexibility index (Phi) is 4.65. The summed E-state index contributed by atoms with van der Waals surface area (Å²) in [7, 11) is 0. The van der Waals surface area contributed by atoms with Gasteiger partial charge in [-0.25, -0.2) is 0 Å². The number of rotatable bonds is 7. The first kappa shape index (κ1) is 14.4. The predicted octanol–water partition coefficient (Wildman–Crippen LogP) is 3.71. The van der Waals surface area contributed by atoms with Crippen molar-refractivity contribution in [1.29, 1.82) is 0 Å². The molecule has 0 aromatic carbocycles. The minimum Gasteiger partial charge on any atom is -0.280 e. The summed E-state index contributed by atoms with van der Waals surface area (Å²) < 4.78 is 1.77. The van der Waals surface area contributed by atoms with E-state index >= 15 is 0 Å². The minimum absolute atomic E-state index is 0.0111. The highest BCUT2D eigenvalue weighted by Gasteiger charge is 2.21. The fourth-order valence-corrected chi connectivity index (χ4v) is 2.54. The average molecular weight is 276 g/mol. The number of unbranched alkanes of at least 4 members (excludes halogenated alkanes) is 1. The summed E-state index contributed by atoms with van der Waals surface area (Å²) in [5, 5.41) is 19.3. The molecule has 0 saturated carbocycles. The zero-order valence-electron chi connectivity index (χ0n) is 12.0. The second-order valence-corrected chi connectivity index (χ2v) is 5.03. The monoisotopic (exact) mass is 276 g/mol. The van der Waals surface area contributed by atoms with E-state index in [2.05, 4.69) is 24.0 Å². The topological polar surface area (TPSA) is 73.3 Å². The molecule has 0 aliphatic heterocycles. The lowest BCUT2D eigenvalue weighted by atomic mass is 9.96. The van der Waals surface area contributed by atoms with Gasteiger partial charge in [0.2, 0.25) is 5.65 Å². The Morgan fingerprint density at radius 3 is 2.75 bits per heavy atom. The maximum atomic E-state index is 11.0. The van der Waals surface area contributed by atoms with Crippen LogP contribution in [0.1, 0.15) is 57.7 Å². The van der Waals surface area contributed by atoms with E-state index < -0.39 is 4.92 Å². The van der Waals surface area contributed by atoms with Gasteiger partial charge in [0.25, 0.3) is 0 Å². The predicted molar refractivity (Wildman–Crippen MR) is 76.8 cm³/mol. The third-order valence-electron chi connectivity index (χ3n) is 3.55. The van der Waals surface area contributed by atoms with Crippen molar-refractivity contribution in [2.75, 3.05) is 0 Å². The molecule has 2 aromatic heterocycles. The van der Waals surface area contributed by atoms with Gasteiger partial charge >= 0.3 is 5.69 Å². The second kappa shape index (κ2) is 6.45. The third-order valence-corrected chi connectivity index (χ3v) is 3.55. The highest BCUT2D eigenvalue weighted by Crippen LogP contribution is 2.28. The summed E-state index contributed by atoms with van der Waals surface area (Å²) in [5.41, 5.74) is 0.349. The quantitative estimate of drug-likeness (QED) is 0.570. The van der Waals surface area contributed by atoms with Gasteiger partial charge in [-0.2, -0.15) is 0 Å². The maximum absolute atomic E-state index is 11.0. The van der Waals surface area contributed by atoms with Crippen LogP contribution in [0.2, 0.25) is 0 Å². The van der Waals surface area contributed by atoms with Crippen LogP contribution < -0.4 is 0 Å². The standard InChI is InChI=1S/C14H20N4O2/c1-3-5-8-11(7-4-2)13-15-16-14-12(18(19)20)9-6-10-17(13)14/h6,9-11H,3-5,7-8H2,1-2H3. The SMILES string of the molecule is CCCCC(CCC)c1nnc2c([N+](=O)[O-])cccn12. The molecular formula is C14H20N4O2. The summed E-state index contributed by atoms with van der Waals surface area (Å²) in [4.78, 5) is 10.6. The molecule has 0 N–H and O–H groups in total. The van der Waals surface area contributed by atoms with Crippen LogP contribution in [0.4, 0.5) is 5.69 Å². The molecule has 0 saturated heterocycles. The Balaban J connectivity index is 2.42. The number of hydrogen-bond donors (Lipinski definition) is 0. The maximum Gasteiger partial charge on any atom is 0.314 e.